The number of rotatable bonds is 5. The fourth-order valence-electron chi connectivity index (χ4n) is 2.48. The van der Waals surface area contributed by atoms with E-state index in [0.717, 1.165) is 4.68 Å². The highest BCUT2D eigenvalue weighted by molar-refractivity contribution is 7.80. The molecular weight excluding hydrogens is 373 g/mol. The standard InChI is InChI=1S/C17H14FN5O3S/c1-9(21-11-6-10(18)2-3-13(11)27)8-23-17(26)16-15(19-4-5-20-16)12(22-23)7-14(24)25/h2-6,27H,7-8H2,1H3,(H,24,25). The monoisotopic (exact) mass is 387 g/mol. The highest BCUT2D eigenvalue weighted by Gasteiger charge is 2.15. The average molecular weight is 387 g/mol. The van der Waals surface area contributed by atoms with Crippen LogP contribution in [0.1, 0.15) is 12.6 Å². The highest BCUT2D eigenvalue weighted by Crippen LogP contribution is 2.24. The number of fused-ring (bicyclic) bond motifs is 1. The van der Waals surface area contributed by atoms with Gasteiger partial charge in [-0.3, -0.25) is 19.6 Å². The zero-order chi connectivity index (χ0) is 19.6. The van der Waals surface area contributed by atoms with Gasteiger partial charge in [0.2, 0.25) is 0 Å². The molecular formula is C17H14FN5O3S. The predicted molar refractivity (Wildman–Crippen MR) is 99.4 cm³/mol. The van der Waals surface area contributed by atoms with Gasteiger partial charge in [-0.05, 0) is 19.1 Å². The molecule has 0 aliphatic heterocycles. The number of halogens is 1. The second kappa shape index (κ2) is 7.62. The molecule has 0 aliphatic carbocycles. The maximum absolute atomic E-state index is 13.4. The number of hydrogen-bond acceptors (Lipinski definition) is 7. The average Bonchev–Trinajstić information content (AvgIpc) is 2.62. The minimum atomic E-state index is -1.11. The maximum Gasteiger partial charge on any atom is 0.309 e. The van der Waals surface area contributed by atoms with Crippen LogP contribution in [0.2, 0.25) is 0 Å². The van der Waals surface area contributed by atoms with Crippen LogP contribution in [0.5, 0.6) is 0 Å². The smallest absolute Gasteiger partial charge is 0.309 e. The number of nitrogens with zero attached hydrogens (tertiary/aromatic N) is 5. The molecule has 0 fully saturated rings. The Morgan fingerprint density at radius 1 is 1.30 bits per heavy atom. The Morgan fingerprint density at radius 2 is 2.00 bits per heavy atom. The molecule has 0 spiro atoms. The molecule has 2 aromatic heterocycles. The van der Waals surface area contributed by atoms with Gasteiger partial charge < -0.3 is 5.11 Å². The lowest BCUT2D eigenvalue weighted by atomic mass is 10.2. The lowest BCUT2D eigenvalue weighted by Crippen LogP contribution is -2.28. The van der Waals surface area contributed by atoms with Gasteiger partial charge in [-0.15, -0.1) is 12.6 Å². The van der Waals surface area contributed by atoms with E-state index < -0.39 is 23.8 Å². The van der Waals surface area contributed by atoms with E-state index in [1.54, 1.807) is 6.92 Å². The minimum Gasteiger partial charge on any atom is -0.481 e. The van der Waals surface area contributed by atoms with Gasteiger partial charge in [0.1, 0.15) is 17.0 Å². The van der Waals surface area contributed by atoms with Gasteiger partial charge in [0.05, 0.1) is 18.7 Å². The normalized spacial score (nSPS) is 11.7. The Morgan fingerprint density at radius 3 is 2.70 bits per heavy atom. The van der Waals surface area contributed by atoms with Crippen LogP contribution in [0.4, 0.5) is 10.1 Å². The number of aromatic nitrogens is 4. The fraction of sp³-hybridized carbons (Fsp3) is 0.176. The number of benzene rings is 1. The van der Waals surface area contributed by atoms with Crippen LogP contribution >= 0.6 is 12.6 Å². The molecule has 8 nitrogen and oxygen atoms in total. The molecule has 0 bridgehead atoms. The van der Waals surface area contributed by atoms with E-state index in [4.69, 9.17) is 5.11 Å². The zero-order valence-corrected chi connectivity index (χ0v) is 15.0. The Labute approximate surface area is 157 Å². The number of carbonyl (C=O) groups is 1. The Kier molecular flexibility index (Phi) is 5.26. The Hall–Kier alpha value is -3.14. The summed E-state index contributed by atoms with van der Waals surface area (Å²) in [5.41, 5.74) is 0.548. The fourth-order valence-corrected chi connectivity index (χ4v) is 2.67. The lowest BCUT2D eigenvalue weighted by Gasteiger charge is -2.09. The molecule has 10 heteroatoms. The zero-order valence-electron chi connectivity index (χ0n) is 14.1. The Bertz CT molecular complexity index is 1130. The van der Waals surface area contributed by atoms with Gasteiger partial charge in [-0.2, -0.15) is 5.10 Å². The SMILES string of the molecule is CC(Cn1nc(CC(=O)O)c2nccnc2c1=O)=Nc1cc(F)ccc1S. The molecule has 0 saturated heterocycles. The minimum absolute atomic E-state index is 0.0252. The van der Waals surface area contributed by atoms with E-state index in [1.165, 1.54) is 30.6 Å². The van der Waals surface area contributed by atoms with Crippen LogP contribution in [0, 0.1) is 5.82 Å². The van der Waals surface area contributed by atoms with Crippen molar-refractivity contribution in [3.63, 3.8) is 0 Å². The second-order valence-corrected chi connectivity index (χ2v) is 6.20. The molecule has 0 radical (unpaired) electrons. The summed E-state index contributed by atoms with van der Waals surface area (Å²) in [6.07, 6.45) is 2.31. The summed E-state index contributed by atoms with van der Waals surface area (Å²) in [6.45, 7) is 1.62. The molecule has 0 unspecified atom stereocenters. The van der Waals surface area contributed by atoms with Gasteiger partial charge in [-0.25, -0.2) is 14.1 Å². The van der Waals surface area contributed by atoms with Crippen molar-refractivity contribution in [2.75, 3.05) is 0 Å². The summed E-state index contributed by atoms with van der Waals surface area (Å²) in [7, 11) is 0. The molecule has 1 aromatic carbocycles. The number of aliphatic carboxylic acids is 1. The summed E-state index contributed by atoms with van der Waals surface area (Å²) in [5.74, 6) is -1.57. The van der Waals surface area contributed by atoms with Crippen molar-refractivity contribution in [2.24, 2.45) is 4.99 Å². The lowest BCUT2D eigenvalue weighted by molar-refractivity contribution is -0.136. The third-order valence-corrected chi connectivity index (χ3v) is 3.97. The van der Waals surface area contributed by atoms with Gasteiger partial charge in [0, 0.05) is 29.1 Å². The second-order valence-electron chi connectivity index (χ2n) is 5.71. The number of thiol groups is 1. The first-order chi connectivity index (χ1) is 12.8. The molecule has 0 amide bonds. The third-order valence-electron chi connectivity index (χ3n) is 3.60. The molecule has 3 aromatic rings. The number of hydrogen-bond donors (Lipinski definition) is 2. The van der Waals surface area contributed by atoms with Crippen molar-refractivity contribution in [3.05, 3.63) is 52.5 Å². The van der Waals surface area contributed by atoms with Crippen LogP contribution in [0.15, 0.2) is 45.3 Å². The van der Waals surface area contributed by atoms with E-state index in [2.05, 4.69) is 32.7 Å². The summed E-state index contributed by atoms with van der Waals surface area (Å²) < 4.78 is 14.5. The molecule has 3 rings (SSSR count). The van der Waals surface area contributed by atoms with Crippen LogP contribution in [-0.4, -0.2) is 36.5 Å². The topological polar surface area (TPSA) is 110 Å². The summed E-state index contributed by atoms with van der Waals surface area (Å²) in [4.78, 5) is 36.5. The van der Waals surface area contributed by atoms with Crippen LogP contribution in [-0.2, 0) is 17.8 Å². The van der Waals surface area contributed by atoms with Gasteiger partial charge >= 0.3 is 5.97 Å². The molecule has 2 heterocycles. The summed E-state index contributed by atoms with van der Waals surface area (Å²) in [5, 5.41) is 13.2. The van der Waals surface area contributed by atoms with E-state index in [-0.39, 0.29) is 23.3 Å². The number of carboxylic acid groups (broad SMARTS) is 1. The summed E-state index contributed by atoms with van der Waals surface area (Å²) >= 11 is 4.23. The molecule has 0 saturated carbocycles. The van der Waals surface area contributed by atoms with Gasteiger partial charge in [0.15, 0.2) is 5.52 Å². The predicted octanol–water partition coefficient (Wildman–Crippen LogP) is 2.03. The largest absolute Gasteiger partial charge is 0.481 e. The van der Waals surface area contributed by atoms with E-state index >= 15 is 0 Å². The van der Waals surface area contributed by atoms with Crippen LogP contribution in [0.3, 0.4) is 0 Å². The van der Waals surface area contributed by atoms with Crippen molar-refractivity contribution in [1.29, 1.82) is 0 Å². The molecule has 0 aliphatic rings. The number of carboxylic acids is 1. The van der Waals surface area contributed by atoms with Crippen molar-refractivity contribution < 1.29 is 14.3 Å². The van der Waals surface area contributed by atoms with E-state index in [0.29, 0.717) is 16.3 Å². The van der Waals surface area contributed by atoms with Crippen molar-refractivity contribution in [2.45, 2.75) is 24.8 Å². The number of aliphatic imine (C=N–C) groups is 1. The molecule has 138 valence electrons. The van der Waals surface area contributed by atoms with Crippen molar-refractivity contribution in [1.82, 2.24) is 19.7 Å². The molecule has 0 atom stereocenters. The first kappa shape index (κ1) is 18.6. The Balaban J connectivity index is 2.05. The first-order valence-corrected chi connectivity index (χ1v) is 8.25. The maximum atomic E-state index is 13.4. The van der Waals surface area contributed by atoms with E-state index in [1.807, 2.05) is 0 Å². The molecule has 1 N–H and O–H groups in total. The van der Waals surface area contributed by atoms with Gasteiger partial charge in [-0.1, -0.05) is 0 Å². The van der Waals surface area contributed by atoms with Crippen LogP contribution < -0.4 is 5.56 Å². The quantitative estimate of drug-likeness (QED) is 0.512. The highest BCUT2D eigenvalue weighted by atomic mass is 32.1. The third kappa shape index (κ3) is 4.17. The van der Waals surface area contributed by atoms with Gasteiger partial charge in [0.25, 0.3) is 5.56 Å². The van der Waals surface area contributed by atoms with Crippen LogP contribution in [0.25, 0.3) is 11.0 Å². The van der Waals surface area contributed by atoms with Crippen molar-refractivity contribution in [3.8, 4) is 0 Å². The molecule has 27 heavy (non-hydrogen) atoms. The van der Waals surface area contributed by atoms with E-state index in [9.17, 15) is 14.0 Å². The van der Waals surface area contributed by atoms with Crippen molar-refractivity contribution >= 4 is 41.0 Å². The first-order valence-electron chi connectivity index (χ1n) is 7.80. The summed E-state index contributed by atoms with van der Waals surface area (Å²) in [6, 6.07) is 3.97.